The Kier molecular flexibility index (Phi) is 9.77. The Morgan fingerprint density at radius 3 is 2.70 bits per heavy atom. The smallest absolute Gasteiger partial charge is 0.193 e. The summed E-state index contributed by atoms with van der Waals surface area (Å²) in [6.07, 6.45) is 3.77. The van der Waals surface area contributed by atoms with Crippen molar-refractivity contribution in [2.45, 2.75) is 32.6 Å². The molecule has 0 aromatic carbocycles. The molecule has 1 unspecified atom stereocenters. The van der Waals surface area contributed by atoms with Crippen molar-refractivity contribution in [3.8, 4) is 0 Å². The first-order valence-electron chi connectivity index (χ1n) is 9.95. The van der Waals surface area contributed by atoms with Gasteiger partial charge < -0.3 is 15.0 Å². The van der Waals surface area contributed by atoms with E-state index in [1.54, 1.807) is 6.33 Å². The van der Waals surface area contributed by atoms with Crippen LogP contribution in [0, 0.1) is 5.92 Å². The van der Waals surface area contributed by atoms with Crippen LogP contribution in [0.15, 0.2) is 11.3 Å². The zero-order valence-corrected chi connectivity index (χ0v) is 18.9. The second-order valence-corrected chi connectivity index (χ2v) is 7.34. The Bertz CT molecular complexity index is 540. The molecular formula is C18H34IN7O. The van der Waals surface area contributed by atoms with Gasteiger partial charge in [-0.1, -0.05) is 6.92 Å². The van der Waals surface area contributed by atoms with E-state index in [1.165, 1.54) is 0 Å². The molecule has 2 fully saturated rings. The third-order valence-corrected chi connectivity index (χ3v) is 5.18. The average molecular weight is 491 g/mol. The van der Waals surface area contributed by atoms with E-state index in [0.717, 1.165) is 83.7 Å². The van der Waals surface area contributed by atoms with Gasteiger partial charge >= 0.3 is 0 Å². The van der Waals surface area contributed by atoms with E-state index in [9.17, 15) is 0 Å². The van der Waals surface area contributed by atoms with Gasteiger partial charge in [-0.15, -0.1) is 24.0 Å². The van der Waals surface area contributed by atoms with Gasteiger partial charge in [-0.25, -0.2) is 4.98 Å². The molecule has 0 saturated carbocycles. The maximum absolute atomic E-state index is 5.43. The van der Waals surface area contributed by atoms with E-state index >= 15 is 0 Å². The number of ether oxygens (including phenoxy) is 1. The molecule has 0 amide bonds. The predicted octanol–water partition coefficient (Wildman–Crippen LogP) is 1.54. The Morgan fingerprint density at radius 1 is 1.33 bits per heavy atom. The van der Waals surface area contributed by atoms with Crippen molar-refractivity contribution in [1.29, 1.82) is 0 Å². The van der Waals surface area contributed by atoms with Gasteiger partial charge in [0.25, 0.3) is 0 Å². The minimum atomic E-state index is 0. The summed E-state index contributed by atoms with van der Waals surface area (Å²) in [5, 5.41) is 10.5. The summed E-state index contributed by atoms with van der Waals surface area (Å²) >= 11 is 0. The number of halogens is 1. The maximum atomic E-state index is 5.43. The highest BCUT2D eigenvalue weighted by Crippen LogP contribution is 2.24. The fourth-order valence-corrected chi connectivity index (χ4v) is 3.73. The molecule has 1 aromatic rings. The van der Waals surface area contributed by atoms with Crippen LogP contribution < -0.4 is 5.32 Å². The molecule has 154 valence electrons. The van der Waals surface area contributed by atoms with Gasteiger partial charge in [-0.2, -0.15) is 5.10 Å². The zero-order valence-electron chi connectivity index (χ0n) is 16.6. The number of aliphatic imine (C=N–C) groups is 1. The molecule has 2 N–H and O–H groups in total. The number of nitrogens with zero attached hydrogens (tertiary/aromatic N) is 5. The van der Waals surface area contributed by atoms with Gasteiger partial charge in [0.15, 0.2) is 5.96 Å². The van der Waals surface area contributed by atoms with Crippen LogP contribution in [0.25, 0.3) is 0 Å². The molecule has 2 aliphatic heterocycles. The summed E-state index contributed by atoms with van der Waals surface area (Å²) in [4.78, 5) is 14.1. The lowest BCUT2D eigenvalue weighted by Crippen LogP contribution is -2.46. The number of nitrogens with one attached hydrogen (secondary N) is 2. The first-order valence-corrected chi connectivity index (χ1v) is 9.95. The van der Waals surface area contributed by atoms with Crippen LogP contribution in [-0.2, 0) is 4.74 Å². The molecule has 27 heavy (non-hydrogen) atoms. The van der Waals surface area contributed by atoms with Gasteiger partial charge in [-0.05, 0) is 25.7 Å². The fraction of sp³-hybridized carbons (Fsp3) is 0.833. The summed E-state index contributed by atoms with van der Waals surface area (Å²) in [5.41, 5.74) is 0. The minimum absolute atomic E-state index is 0. The third kappa shape index (κ3) is 6.86. The standard InChI is InChI=1S/C18H33N7O.HI/c1-3-19-18(20-12-15(2)13-24-8-10-26-11-9-24)25-6-4-16(5-7-25)17-21-14-22-23-17;/h14-16H,3-13H2,1-2H3,(H,19,20)(H,21,22,23);1H. The first-order chi connectivity index (χ1) is 12.8. The van der Waals surface area contributed by atoms with Gasteiger partial charge in [0.1, 0.15) is 12.2 Å². The number of H-pyrrole nitrogens is 1. The molecular weight excluding hydrogens is 457 g/mol. The van der Waals surface area contributed by atoms with Crippen molar-refractivity contribution >= 4 is 29.9 Å². The summed E-state index contributed by atoms with van der Waals surface area (Å²) in [6, 6.07) is 0. The van der Waals surface area contributed by atoms with Crippen LogP contribution in [-0.4, -0.2) is 90.0 Å². The molecule has 1 aromatic heterocycles. The summed E-state index contributed by atoms with van der Waals surface area (Å²) in [6.45, 7) is 13.1. The fourth-order valence-electron chi connectivity index (χ4n) is 3.73. The first kappa shape index (κ1) is 22.4. The van der Waals surface area contributed by atoms with Gasteiger partial charge in [0, 0.05) is 51.7 Å². The number of guanidine groups is 1. The summed E-state index contributed by atoms with van der Waals surface area (Å²) < 4.78 is 5.43. The Morgan fingerprint density at radius 2 is 2.07 bits per heavy atom. The summed E-state index contributed by atoms with van der Waals surface area (Å²) in [5.74, 6) is 3.11. The largest absolute Gasteiger partial charge is 0.379 e. The molecule has 3 rings (SSSR count). The lowest BCUT2D eigenvalue weighted by molar-refractivity contribution is 0.0323. The molecule has 8 nitrogen and oxygen atoms in total. The monoisotopic (exact) mass is 491 g/mol. The molecule has 0 radical (unpaired) electrons. The molecule has 0 bridgehead atoms. The van der Waals surface area contributed by atoms with Crippen LogP contribution in [0.2, 0.25) is 0 Å². The SMILES string of the molecule is CCNC(=NCC(C)CN1CCOCC1)N1CCC(c2ncn[nH]2)CC1.I. The van der Waals surface area contributed by atoms with E-state index in [-0.39, 0.29) is 24.0 Å². The Balaban J connectivity index is 0.00000261. The van der Waals surface area contributed by atoms with Gasteiger partial charge in [0.05, 0.1) is 13.2 Å². The van der Waals surface area contributed by atoms with E-state index in [0.29, 0.717) is 11.8 Å². The van der Waals surface area contributed by atoms with Crippen LogP contribution in [0.3, 0.4) is 0 Å². The highest BCUT2D eigenvalue weighted by atomic mass is 127. The number of likely N-dealkylation sites (tertiary alicyclic amines) is 1. The van der Waals surface area contributed by atoms with Gasteiger partial charge in [0.2, 0.25) is 0 Å². The zero-order chi connectivity index (χ0) is 18.2. The van der Waals surface area contributed by atoms with Gasteiger partial charge in [-0.3, -0.25) is 15.0 Å². The van der Waals surface area contributed by atoms with Crippen molar-refractivity contribution in [2.75, 3.05) is 59.0 Å². The lowest BCUT2D eigenvalue weighted by Gasteiger charge is -2.34. The molecule has 0 spiro atoms. The van der Waals surface area contributed by atoms with Crippen molar-refractivity contribution in [1.82, 2.24) is 30.3 Å². The average Bonchev–Trinajstić information content (AvgIpc) is 3.21. The van der Waals surface area contributed by atoms with Crippen molar-refractivity contribution < 1.29 is 4.74 Å². The number of rotatable bonds is 6. The lowest BCUT2D eigenvalue weighted by atomic mass is 9.96. The number of aromatic nitrogens is 3. The predicted molar refractivity (Wildman–Crippen MR) is 118 cm³/mol. The van der Waals surface area contributed by atoms with Crippen LogP contribution in [0.4, 0.5) is 0 Å². The van der Waals surface area contributed by atoms with E-state index in [4.69, 9.17) is 9.73 Å². The minimum Gasteiger partial charge on any atom is -0.379 e. The second-order valence-electron chi connectivity index (χ2n) is 7.34. The number of piperidine rings is 1. The molecule has 9 heteroatoms. The molecule has 2 saturated heterocycles. The number of hydrogen-bond acceptors (Lipinski definition) is 5. The van der Waals surface area contributed by atoms with Crippen LogP contribution >= 0.6 is 24.0 Å². The number of morpholine rings is 1. The highest BCUT2D eigenvalue weighted by Gasteiger charge is 2.24. The number of aromatic amines is 1. The normalized spacial score (nSPS) is 21.0. The number of hydrogen-bond donors (Lipinski definition) is 2. The van der Waals surface area contributed by atoms with Crippen LogP contribution in [0.1, 0.15) is 38.4 Å². The molecule has 0 aliphatic carbocycles. The quantitative estimate of drug-likeness (QED) is 0.357. The van der Waals surface area contributed by atoms with E-state index in [1.807, 2.05) is 0 Å². The van der Waals surface area contributed by atoms with E-state index in [2.05, 4.69) is 44.1 Å². The second kappa shape index (κ2) is 11.8. The highest BCUT2D eigenvalue weighted by molar-refractivity contribution is 14.0. The summed E-state index contributed by atoms with van der Waals surface area (Å²) in [7, 11) is 0. The van der Waals surface area contributed by atoms with Crippen LogP contribution in [0.5, 0.6) is 0 Å². The topological polar surface area (TPSA) is 81.7 Å². The van der Waals surface area contributed by atoms with Crippen molar-refractivity contribution in [2.24, 2.45) is 10.9 Å². The molecule has 1 atom stereocenters. The Labute approximate surface area is 179 Å². The van der Waals surface area contributed by atoms with Crippen molar-refractivity contribution in [3.05, 3.63) is 12.2 Å². The maximum Gasteiger partial charge on any atom is 0.193 e. The molecule has 2 aliphatic rings. The van der Waals surface area contributed by atoms with Crippen molar-refractivity contribution in [3.63, 3.8) is 0 Å². The third-order valence-electron chi connectivity index (χ3n) is 5.18. The van der Waals surface area contributed by atoms with E-state index < -0.39 is 0 Å². The molecule has 3 heterocycles. The Hall–Kier alpha value is -0.940.